The molecule has 0 spiro atoms. The Hall–Kier alpha value is -0.990. The monoisotopic (exact) mass is 166 g/mol. The van der Waals surface area contributed by atoms with Crippen LogP contribution in [0.3, 0.4) is 0 Å². The van der Waals surface area contributed by atoms with Crippen LogP contribution >= 0.6 is 0 Å². The minimum absolute atomic E-state index is 0.274. The average molecular weight is 166 g/mol. The standard InChI is InChI=1S/C9H11FN2/c1-5-3-7(10)9-8(5)6(2)11-4-12-9/h4-5,7H,3H2,1-2H3/t5-,7-/m1/s1. The zero-order valence-corrected chi connectivity index (χ0v) is 7.21. The Morgan fingerprint density at radius 2 is 2.25 bits per heavy atom. The molecule has 1 aromatic rings. The Labute approximate surface area is 70.9 Å². The molecule has 1 aliphatic carbocycles. The van der Waals surface area contributed by atoms with Gasteiger partial charge in [0.05, 0.1) is 5.69 Å². The summed E-state index contributed by atoms with van der Waals surface area (Å²) in [7, 11) is 0. The zero-order valence-electron chi connectivity index (χ0n) is 7.21. The first kappa shape index (κ1) is 7.65. The van der Waals surface area contributed by atoms with Gasteiger partial charge in [-0.3, -0.25) is 0 Å². The molecule has 0 unspecified atom stereocenters. The zero-order chi connectivity index (χ0) is 8.72. The van der Waals surface area contributed by atoms with E-state index < -0.39 is 6.17 Å². The molecule has 0 saturated heterocycles. The number of halogens is 1. The van der Waals surface area contributed by atoms with Crippen molar-refractivity contribution in [3.8, 4) is 0 Å². The minimum atomic E-state index is -0.878. The smallest absolute Gasteiger partial charge is 0.143 e. The molecule has 1 heterocycles. The summed E-state index contributed by atoms with van der Waals surface area (Å²) in [4.78, 5) is 8.02. The largest absolute Gasteiger partial charge is 0.241 e. The SMILES string of the molecule is Cc1ncnc2c1[C@H](C)C[C@H]2F. The van der Waals surface area contributed by atoms with Crippen molar-refractivity contribution in [2.45, 2.75) is 32.4 Å². The quantitative estimate of drug-likeness (QED) is 0.591. The fourth-order valence-corrected chi connectivity index (χ4v) is 1.90. The van der Waals surface area contributed by atoms with E-state index in [-0.39, 0.29) is 5.92 Å². The van der Waals surface area contributed by atoms with Crippen molar-refractivity contribution < 1.29 is 4.39 Å². The van der Waals surface area contributed by atoms with Crippen LogP contribution in [-0.4, -0.2) is 9.97 Å². The first-order valence-electron chi connectivity index (χ1n) is 4.15. The molecule has 0 N–H and O–H groups in total. The van der Waals surface area contributed by atoms with Crippen molar-refractivity contribution in [1.82, 2.24) is 9.97 Å². The lowest BCUT2D eigenvalue weighted by Gasteiger charge is -2.04. The van der Waals surface area contributed by atoms with Crippen LogP contribution in [0.2, 0.25) is 0 Å². The molecule has 2 rings (SSSR count). The normalized spacial score (nSPS) is 27.2. The highest BCUT2D eigenvalue weighted by Gasteiger charge is 2.30. The van der Waals surface area contributed by atoms with E-state index in [1.54, 1.807) is 0 Å². The molecule has 0 amide bonds. The molecular weight excluding hydrogens is 155 g/mol. The van der Waals surface area contributed by atoms with E-state index in [4.69, 9.17) is 0 Å². The Bertz CT molecular complexity index is 311. The van der Waals surface area contributed by atoms with E-state index in [0.29, 0.717) is 12.1 Å². The van der Waals surface area contributed by atoms with Gasteiger partial charge in [-0.1, -0.05) is 6.92 Å². The molecule has 0 bridgehead atoms. The predicted octanol–water partition coefficient (Wildman–Crippen LogP) is 2.30. The van der Waals surface area contributed by atoms with Gasteiger partial charge < -0.3 is 0 Å². The van der Waals surface area contributed by atoms with Gasteiger partial charge in [0.15, 0.2) is 0 Å². The molecule has 2 atom stereocenters. The van der Waals surface area contributed by atoms with Crippen LogP contribution in [0.5, 0.6) is 0 Å². The molecule has 1 aromatic heterocycles. The summed E-state index contributed by atoms with van der Waals surface area (Å²) < 4.78 is 13.3. The maximum Gasteiger partial charge on any atom is 0.143 e. The van der Waals surface area contributed by atoms with Crippen molar-refractivity contribution in [1.29, 1.82) is 0 Å². The number of fused-ring (bicyclic) bond motifs is 1. The summed E-state index contributed by atoms with van der Waals surface area (Å²) in [5.41, 5.74) is 2.55. The second kappa shape index (κ2) is 2.51. The lowest BCUT2D eigenvalue weighted by atomic mass is 10.0. The van der Waals surface area contributed by atoms with Crippen molar-refractivity contribution in [3.05, 3.63) is 23.3 Å². The fraction of sp³-hybridized carbons (Fsp3) is 0.556. The third-order valence-electron chi connectivity index (χ3n) is 2.46. The average Bonchev–Trinajstić information content (AvgIpc) is 2.29. The topological polar surface area (TPSA) is 25.8 Å². The molecule has 0 fully saturated rings. The van der Waals surface area contributed by atoms with Crippen LogP contribution in [0.25, 0.3) is 0 Å². The highest BCUT2D eigenvalue weighted by atomic mass is 19.1. The molecule has 0 aliphatic heterocycles. The van der Waals surface area contributed by atoms with Crippen LogP contribution in [0.15, 0.2) is 6.33 Å². The summed E-state index contributed by atoms with van der Waals surface area (Å²) in [6.45, 7) is 3.93. The van der Waals surface area contributed by atoms with Crippen LogP contribution in [0, 0.1) is 6.92 Å². The number of rotatable bonds is 0. The Morgan fingerprint density at radius 3 is 2.92 bits per heavy atom. The van der Waals surface area contributed by atoms with Gasteiger partial charge in [0.2, 0.25) is 0 Å². The number of alkyl halides is 1. The van der Waals surface area contributed by atoms with Crippen LogP contribution in [-0.2, 0) is 0 Å². The summed E-state index contributed by atoms with van der Waals surface area (Å²) in [5.74, 6) is 0.274. The molecule has 0 saturated carbocycles. The highest BCUT2D eigenvalue weighted by molar-refractivity contribution is 5.33. The van der Waals surface area contributed by atoms with Crippen LogP contribution in [0.1, 0.15) is 42.4 Å². The van der Waals surface area contributed by atoms with E-state index in [0.717, 1.165) is 11.3 Å². The van der Waals surface area contributed by atoms with Crippen molar-refractivity contribution in [2.24, 2.45) is 0 Å². The molecule has 0 aromatic carbocycles. The van der Waals surface area contributed by atoms with E-state index in [1.807, 2.05) is 13.8 Å². The van der Waals surface area contributed by atoms with Crippen molar-refractivity contribution >= 4 is 0 Å². The van der Waals surface area contributed by atoms with E-state index in [1.165, 1.54) is 6.33 Å². The van der Waals surface area contributed by atoms with Gasteiger partial charge in [-0.25, -0.2) is 14.4 Å². The lowest BCUT2D eigenvalue weighted by Crippen LogP contribution is -1.97. The third-order valence-corrected chi connectivity index (χ3v) is 2.46. The highest BCUT2D eigenvalue weighted by Crippen LogP contribution is 2.41. The molecule has 12 heavy (non-hydrogen) atoms. The predicted molar refractivity (Wildman–Crippen MR) is 43.7 cm³/mol. The lowest BCUT2D eigenvalue weighted by molar-refractivity contribution is 0.326. The summed E-state index contributed by atoms with van der Waals surface area (Å²) in [6, 6.07) is 0. The number of hydrogen-bond donors (Lipinski definition) is 0. The van der Waals surface area contributed by atoms with Gasteiger partial charge in [0.25, 0.3) is 0 Å². The third kappa shape index (κ3) is 0.924. The number of aromatic nitrogens is 2. The van der Waals surface area contributed by atoms with Gasteiger partial charge in [0.1, 0.15) is 12.5 Å². The summed E-state index contributed by atoms with van der Waals surface area (Å²) in [5, 5.41) is 0. The van der Waals surface area contributed by atoms with Crippen LogP contribution < -0.4 is 0 Å². The van der Waals surface area contributed by atoms with Gasteiger partial charge >= 0.3 is 0 Å². The van der Waals surface area contributed by atoms with E-state index in [2.05, 4.69) is 9.97 Å². The summed E-state index contributed by atoms with van der Waals surface area (Å²) in [6.07, 6.45) is 1.13. The van der Waals surface area contributed by atoms with Gasteiger partial charge in [-0.2, -0.15) is 0 Å². The van der Waals surface area contributed by atoms with Gasteiger partial charge in [-0.05, 0) is 19.3 Å². The number of nitrogens with zero attached hydrogens (tertiary/aromatic N) is 2. The molecular formula is C9H11FN2. The molecule has 2 nitrogen and oxygen atoms in total. The molecule has 64 valence electrons. The fourth-order valence-electron chi connectivity index (χ4n) is 1.90. The minimum Gasteiger partial charge on any atom is -0.241 e. The second-order valence-corrected chi connectivity index (χ2v) is 3.36. The van der Waals surface area contributed by atoms with Gasteiger partial charge in [-0.15, -0.1) is 0 Å². The van der Waals surface area contributed by atoms with Crippen molar-refractivity contribution in [2.75, 3.05) is 0 Å². The Balaban J connectivity index is 2.59. The maximum absolute atomic E-state index is 13.3. The Morgan fingerprint density at radius 1 is 1.50 bits per heavy atom. The van der Waals surface area contributed by atoms with Crippen molar-refractivity contribution in [3.63, 3.8) is 0 Å². The van der Waals surface area contributed by atoms with E-state index >= 15 is 0 Å². The maximum atomic E-state index is 13.3. The second-order valence-electron chi connectivity index (χ2n) is 3.36. The van der Waals surface area contributed by atoms with Gasteiger partial charge in [0, 0.05) is 11.3 Å². The molecule has 1 aliphatic rings. The Kier molecular flexibility index (Phi) is 1.60. The number of aryl methyl sites for hydroxylation is 1. The summed E-state index contributed by atoms with van der Waals surface area (Å²) >= 11 is 0. The first-order chi connectivity index (χ1) is 5.70. The molecule has 0 radical (unpaired) electrons. The van der Waals surface area contributed by atoms with Crippen LogP contribution in [0.4, 0.5) is 4.39 Å². The first-order valence-corrected chi connectivity index (χ1v) is 4.15. The van der Waals surface area contributed by atoms with E-state index in [9.17, 15) is 4.39 Å². The molecule has 3 heteroatoms. The number of hydrogen-bond acceptors (Lipinski definition) is 2.